The second-order valence-corrected chi connectivity index (χ2v) is 6.18. The van der Waals surface area contributed by atoms with Crippen LogP contribution in [0.5, 0.6) is 0 Å². The van der Waals surface area contributed by atoms with Gasteiger partial charge in [-0.25, -0.2) is 4.79 Å². The largest absolute Gasteiger partial charge is 0.477 e. The van der Waals surface area contributed by atoms with E-state index < -0.39 is 17.1 Å². The fourth-order valence-corrected chi connectivity index (χ4v) is 3.70. The molecule has 0 radical (unpaired) electrons. The molecular weight excluding hydrogens is 348 g/mol. The Morgan fingerprint density at radius 1 is 1.32 bits per heavy atom. The lowest BCUT2D eigenvalue weighted by molar-refractivity contribution is 0.0695. The molecule has 0 fully saturated rings. The quantitative estimate of drug-likeness (QED) is 0.624. The first-order chi connectivity index (χ1) is 9.99. The van der Waals surface area contributed by atoms with E-state index >= 15 is 0 Å². The minimum absolute atomic E-state index is 0. The topological polar surface area (TPSA) is 113 Å². The molecule has 0 aliphatic heterocycles. The maximum atomic E-state index is 12.3. The van der Waals surface area contributed by atoms with Crippen molar-refractivity contribution in [2.75, 3.05) is 5.73 Å². The van der Waals surface area contributed by atoms with Gasteiger partial charge in [-0.1, -0.05) is 6.07 Å². The van der Waals surface area contributed by atoms with Crippen molar-refractivity contribution in [3.8, 4) is 0 Å². The van der Waals surface area contributed by atoms with E-state index in [9.17, 15) is 14.4 Å². The van der Waals surface area contributed by atoms with Gasteiger partial charge in [-0.05, 0) is 17.5 Å². The first kappa shape index (κ1) is 16.2. The molecule has 0 amide bonds. The number of carboxylic acids is 1. The van der Waals surface area contributed by atoms with Crippen LogP contribution in [-0.4, -0.2) is 21.8 Å². The Bertz CT molecular complexity index is 928. The third kappa shape index (κ3) is 2.52. The van der Waals surface area contributed by atoms with E-state index in [0.717, 1.165) is 11.3 Å². The van der Waals surface area contributed by atoms with Gasteiger partial charge in [-0.15, -0.1) is 35.1 Å². The number of aromatic nitrogens is 1. The minimum Gasteiger partial charge on any atom is -0.477 e. The van der Waals surface area contributed by atoms with Crippen molar-refractivity contribution in [3.05, 3.63) is 49.3 Å². The Morgan fingerprint density at radius 2 is 2.05 bits per heavy atom. The SMILES string of the molecule is Cl.Nc1c(C(=O)c2cccs2)sc2[nH]c(=O)c(C(=O)O)cc12. The number of halogens is 1. The van der Waals surface area contributed by atoms with Crippen molar-refractivity contribution in [2.45, 2.75) is 0 Å². The number of carboxylic acid groups (broad SMARTS) is 1. The highest BCUT2D eigenvalue weighted by Crippen LogP contribution is 2.34. The highest BCUT2D eigenvalue weighted by atomic mass is 35.5. The number of aromatic carboxylic acids is 1. The summed E-state index contributed by atoms with van der Waals surface area (Å²) in [4.78, 5) is 38.6. The predicted octanol–water partition coefficient (Wildman–Crippen LogP) is 2.58. The van der Waals surface area contributed by atoms with E-state index in [0.29, 0.717) is 20.0 Å². The number of hydrogen-bond donors (Lipinski definition) is 3. The van der Waals surface area contributed by atoms with Gasteiger partial charge in [0.05, 0.1) is 10.6 Å². The highest BCUT2D eigenvalue weighted by molar-refractivity contribution is 7.22. The molecule has 0 bridgehead atoms. The lowest BCUT2D eigenvalue weighted by atomic mass is 10.1. The molecular formula is C13H9ClN2O4S2. The van der Waals surface area contributed by atoms with Crippen LogP contribution < -0.4 is 11.3 Å². The van der Waals surface area contributed by atoms with Gasteiger partial charge >= 0.3 is 5.97 Å². The molecule has 9 heteroatoms. The van der Waals surface area contributed by atoms with Crippen LogP contribution in [-0.2, 0) is 0 Å². The van der Waals surface area contributed by atoms with Crippen LogP contribution in [0.25, 0.3) is 10.2 Å². The van der Waals surface area contributed by atoms with E-state index in [1.807, 2.05) is 0 Å². The molecule has 3 aromatic heterocycles. The van der Waals surface area contributed by atoms with Crippen molar-refractivity contribution < 1.29 is 14.7 Å². The number of nitrogens with one attached hydrogen (secondary N) is 1. The number of fused-ring (bicyclic) bond motifs is 1. The Hall–Kier alpha value is -2.16. The number of thiophene rings is 2. The van der Waals surface area contributed by atoms with Gasteiger partial charge in [0.15, 0.2) is 0 Å². The van der Waals surface area contributed by atoms with E-state index in [-0.39, 0.29) is 23.9 Å². The van der Waals surface area contributed by atoms with Crippen LogP contribution in [0.4, 0.5) is 5.69 Å². The zero-order chi connectivity index (χ0) is 15.1. The average molecular weight is 357 g/mol. The van der Waals surface area contributed by atoms with Gasteiger partial charge < -0.3 is 15.8 Å². The molecule has 3 rings (SSSR count). The normalized spacial score (nSPS) is 10.4. The number of aromatic amines is 1. The second kappa shape index (κ2) is 5.91. The molecule has 3 aromatic rings. The van der Waals surface area contributed by atoms with Gasteiger partial charge in [-0.2, -0.15) is 0 Å². The summed E-state index contributed by atoms with van der Waals surface area (Å²) in [6.45, 7) is 0. The number of pyridine rings is 1. The maximum Gasteiger partial charge on any atom is 0.341 e. The molecule has 22 heavy (non-hydrogen) atoms. The summed E-state index contributed by atoms with van der Waals surface area (Å²) in [6, 6.07) is 4.64. The number of H-pyrrole nitrogens is 1. The zero-order valence-corrected chi connectivity index (χ0v) is 13.2. The Morgan fingerprint density at radius 3 is 2.64 bits per heavy atom. The summed E-state index contributed by atoms with van der Waals surface area (Å²) >= 11 is 2.34. The molecule has 0 unspecified atom stereocenters. The molecule has 114 valence electrons. The van der Waals surface area contributed by atoms with Crippen LogP contribution in [0.1, 0.15) is 24.9 Å². The summed E-state index contributed by atoms with van der Waals surface area (Å²) in [5.41, 5.74) is 5.01. The summed E-state index contributed by atoms with van der Waals surface area (Å²) in [6.07, 6.45) is 0. The second-order valence-electron chi connectivity index (χ2n) is 4.21. The summed E-state index contributed by atoms with van der Waals surface area (Å²) in [5, 5.41) is 11.1. The van der Waals surface area contributed by atoms with Gasteiger partial charge in [0.2, 0.25) is 5.78 Å². The molecule has 0 saturated heterocycles. The standard InChI is InChI=1S/C13H8N2O4S2.ClH/c14-8-5-4-6(13(18)19)11(17)15-12(5)21-10(8)9(16)7-2-1-3-20-7;/h1-4H,14H2,(H,15,17)(H,18,19);1H. The van der Waals surface area contributed by atoms with Crippen LogP contribution >= 0.6 is 35.1 Å². The van der Waals surface area contributed by atoms with Crippen molar-refractivity contribution in [2.24, 2.45) is 0 Å². The van der Waals surface area contributed by atoms with Crippen LogP contribution in [0.15, 0.2) is 28.4 Å². The number of ketones is 1. The number of anilines is 1. The van der Waals surface area contributed by atoms with Gasteiger partial charge in [0.1, 0.15) is 15.3 Å². The number of rotatable bonds is 3. The molecule has 0 aliphatic carbocycles. The van der Waals surface area contributed by atoms with E-state index in [1.54, 1.807) is 17.5 Å². The number of hydrogen-bond acceptors (Lipinski definition) is 6. The Labute approximate surface area is 137 Å². The van der Waals surface area contributed by atoms with Crippen molar-refractivity contribution >= 4 is 62.7 Å². The molecule has 0 spiro atoms. The van der Waals surface area contributed by atoms with Crippen LogP contribution in [0.2, 0.25) is 0 Å². The third-order valence-electron chi connectivity index (χ3n) is 2.93. The maximum absolute atomic E-state index is 12.3. The third-order valence-corrected chi connectivity index (χ3v) is 4.93. The smallest absolute Gasteiger partial charge is 0.341 e. The molecule has 6 nitrogen and oxygen atoms in total. The molecule has 3 heterocycles. The number of carbonyl (C=O) groups excluding carboxylic acids is 1. The summed E-state index contributed by atoms with van der Waals surface area (Å²) in [5.74, 6) is -1.57. The fourth-order valence-electron chi connectivity index (χ4n) is 1.92. The van der Waals surface area contributed by atoms with Crippen LogP contribution in [0, 0.1) is 0 Å². The summed E-state index contributed by atoms with van der Waals surface area (Å²) < 4.78 is 0. The van der Waals surface area contributed by atoms with Gasteiger partial charge in [-0.3, -0.25) is 9.59 Å². The Kier molecular flexibility index (Phi) is 4.36. The molecule has 0 saturated carbocycles. The van der Waals surface area contributed by atoms with Crippen molar-refractivity contribution in [3.63, 3.8) is 0 Å². The summed E-state index contributed by atoms with van der Waals surface area (Å²) in [7, 11) is 0. The van der Waals surface area contributed by atoms with E-state index in [4.69, 9.17) is 10.8 Å². The number of nitrogens with two attached hydrogens (primary N) is 1. The van der Waals surface area contributed by atoms with Gasteiger partial charge in [0, 0.05) is 5.39 Å². The highest BCUT2D eigenvalue weighted by Gasteiger charge is 2.21. The molecule has 4 N–H and O–H groups in total. The number of nitrogen functional groups attached to an aromatic ring is 1. The molecule has 0 aromatic carbocycles. The monoisotopic (exact) mass is 356 g/mol. The van der Waals surface area contributed by atoms with E-state index in [2.05, 4.69) is 4.98 Å². The van der Waals surface area contributed by atoms with Crippen molar-refractivity contribution in [1.82, 2.24) is 4.98 Å². The van der Waals surface area contributed by atoms with Crippen LogP contribution in [0.3, 0.4) is 0 Å². The average Bonchev–Trinajstić information content (AvgIpc) is 3.06. The first-order valence-corrected chi connectivity index (χ1v) is 7.45. The first-order valence-electron chi connectivity index (χ1n) is 5.76. The Balaban J connectivity index is 0.00000176. The predicted molar refractivity (Wildman–Crippen MR) is 88.8 cm³/mol. The van der Waals surface area contributed by atoms with Crippen molar-refractivity contribution in [1.29, 1.82) is 0 Å². The molecule has 0 aliphatic rings. The zero-order valence-electron chi connectivity index (χ0n) is 10.8. The minimum atomic E-state index is -1.34. The lowest BCUT2D eigenvalue weighted by Crippen LogP contribution is -2.16. The number of carbonyl (C=O) groups is 2. The molecule has 0 atom stereocenters. The van der Waals surface area contributed by atoms with Gasteiger partial charge in [0.25, 0.3) is 5.56 Å². The fraction of sp³-hybridized carbons (Fsp3) is 0. The van der Waals surface area contributed by atoms with E-state index in [1.165, 1.54) is 17.4 Å². The lowest BCUT2D eigenvalue weighted by Gasteiger charge is -1.97.